The van der Waals surface area contributed by atoms with Crippen LogP contribution in [0.5, 0.6) is 0 Å². The van der Waals surface area contributed by atoms with Gasteiger partial charge in [-0.3, -0.25) is 6.08 Å². The molecule has 18 heavy (non-hydrogen) atoms. The third kappa shape index (κ3) is 5.14. The molecule has 0 nitrogen and oxygen atoms in total. The van der Waals surface area contributed by atoms with Crippen molar-refractivity contribution in [2.45, 2.75) is 53.9 Å². The molecular weight excluding hydrogens is 295 g/mol. The van der Waals surface area contributed by atoms with Gasteiger partial charge in [0, 0.05) is 0 Å². The minimum Gasteiger partial charge on any atom is -0.269 e. The number of hydrogen-bond donors (Lipinski definition) is 0. The molecule has 0 N–H and O–H groups in total. The van der Waals surface area contributed by atoms with Crippen molar-refractivity contribution in [2.75, 3.05) is 0 Å². The fraction of sp³-hybridized carbons (Fsp3) is 0.471. The van der Waals surface area contributed by atoms with Crippen LogP contribution in [-0.4, -0.2) is 0 Å². The van der Waals surface area contributed by atoms with Gasteiger partial charge in [0.2, 0.25) is 0 Å². The van der Waals surface area contributed by atoms with Gasteiger partial charge in [-0.05, 0) is 0 Å². The zero-order valence-electron chi connectivity index (χ0n) is 12.4. The van der Waals surface area contributed by atoms with E-state index in [4.69, 9.17) is 0 Å². The van der Waals surface area contributed by atoms with Gasteiger partial charge in [-0.25, -0.2) is 11.6 Å². The van der Waals surface area contributed by atoms with Crippen LogP contribution >= 0.6 is 0 Å². The second-order valence-electron chi connectivity index (χ2n) is 4.82. The topological polar surface area (TPSA) is 0 Å². The zero-order chi connectivity index (χ0) is 12.8. The Morgan fingerprint density at radius 1 is 1.28 bits per heavy atom. The van der Waals surface area contributed by atoms with E-state index in [1.165, 1.54) is 40.7 Å². The van der Waals surface area contributed by atoms with E-state index in [0.29, 0.717) is 0 Å². The van der Waals surface area contributed by atoms with E-state index in [0.717, 1.165) is 6.42 Å². The summed E-state index contributed by atoms with van der Waals surface area (Å²) in [5, 5.41) is 0. The smallest absolute Gasteiger partial charge is 0.269 e. The normalized spacial score (nSPS) is 12.6. The third-order valence-corrected chi connectivity index (χ3v) is 3.46. The fourth-order valence-electron chi connectivity index (χ4n) is 2.02. The Labute approximate surface area is 132 Å². The number of aryl methyl sites for hydroxylation is 2. The van der Waals surface area contributed by atoms with Gasteiger partial charge in [0.15, 0.2) is 0 Å². The molecule has 0 atom stereocenters. The van der Waals surface area contributed by atoms with Crippen LogP contribution in [-0.2, 0) is 26.2 Å². The molecule has 1 aromatic carbocycles. The van der Waals surface area contributed by atoms with Crippen LogP contribution in [0.1, 0.15) is 48.4 Å². The summed E-state index contributed by atoms with van der Waals surface area (Å²) >= 11 is 0. The molecule has 0 radical (unpaired) electrons. The average Bonchev–Trinajstić information content (AvgIpc) is 2.87. The minimum absolute atomic E-state index is 0. The van der Waals surface area contributed by atoms with Gasteiger partial charge in [0.1, 0.15) is 0 Å². The molecule has 0 spiro atoms. The zero-order valence-corrected chi connectivity index (χ0v) is 14.8. The van der Waals surface area contributed by atoms with Gasteiger partial charge < -0.3 is 0 Å². The summed E-state index contributed by atoms with van der Waals surface area (Å²) in [6, 6.07) is 2.24. The van der Waals surface area contributed by atoms with Crippen LogP contribution in [0.3, 0.4) is 0 Å². The van der Waals surface area contributed by atoms with Gasteiger partial charge in [-0.15, -0.1) is 6.42 Å². The van der Waals surface area contributed by atoms with Crippen molar-refractivity contribution in [3.8, 4) is 0 Å². The van der Waals surface area contributed by atoms with Gasteiger partial charge in [0.25, 0.3) is 0 Å². The Bertz CT molecular complexity index is 397. The summed E-state index contributed by atoms with van der Waals surface area (Å²) in [5.41, 5.74) is 7.14. The first-order valence-electron chi connectivity index (χ1n) is 6.52. The number of rotatable bonds is 2. The van der Waals surface area contributed by atoms with Crippen molar-refractivity contribution < 1.29 is 26.2 Å². The SMILES string of the molecule is CCCC1=[C-]CC=C1.Cc1c[c-](C)c(C)c1C.[Zr+2]. The van der Waals surface area contributed by atoms with Gasteiger partial charge in [-0.1, -0.05) is 47.5 Å². The monoisotopic (exact) mass is 318 g/mol. The maximum absolute atomic E-state index is 3.26. The van der Waals surface area contributed by atoms with E-state index >= 15 is 0 Å². The molecule has 0 heterocycles. The first kappa shape index (κ1) is 17.7. The first-order chi connectivity index (χ1) is 8.06. The Morgan fingerprint density at radius 3 is 2.22 bits per heavy atom. The molecule has 0 unspecified atom stereocenters. The number of allylic oxidation sites excluding steroid dienone is 4. The van der Waals surface area contributed by atoms with Crippen LogP contribution in [0.2, 0.25) is 0 Å². The van der Waals surface area contributed by atoms with Gasteiger partial charge in [-0.2, -0.15) is 34.4 Å². The van der Waals surface area contributed by atoms with Gasteiger partial charge in [0.05, 0.1) is 0 Å². The Balaban J connectivity index is 0.000000306. The van der Waals surface area contributed by atoms with Crippen molar-refractivity contribution in [1.82, 2.24) is 0 Å². The summed E-state index contributed by atoms with van der Waals surface area (Å²) in [6.07, 6.45) is 11.1. The van der Waals surface area contributed by atoms with E-state index in [1.54, 1.807) is 0 Å². The average molecular weight is 320 g/mol. The molecule has 1 aliphatic rings. The second kappa shape index (κ2) is 8.75. The molecule has 0 aliphatic heterocycles. The molecule has 2 rings (SSSR count). The fourth-order valence-corrected chi connectivity index (χ4v) is 2.02. The Hall–Kier alpha value is -0.287. The van der Waals surface area contributed by atoms with Crippen molar-refractivity contribution in [1.29, 1.82) is 0 Å². The van der Waals surface area contributed by atoms with E-state index in [9.17, 15) is 0 Å². The van der Waals surface area contributed by atoms with Crippen molar-refractivity contribution >= 4 is 0 Å². The molecule has 1 heteroatoms. The maximum Gasteiger partial charge on any atom is 2.00 e. The van der Waals surface area contributed by atoms with E-state index in [-0.39, 0.29) is 26.2 Å². The van der Waals surface area contributed by atoms with Crippen LogP contribution < -0.4 is 0 Å². The summed E-state index contributed by atoms with van der Waals surface area (Å²) in [6.45, 7) is 10.9. The molecule has 1 aliphatic carbocycles. The second-order valence-corrected chi connectivity index (χ2v) is 4.82. The standard InChI is InChI=1S/C9H13.C8H11.Zr/c1-6-5-7(2)9(4)8(6)3;1-2-5-8-6-3-4-7-8;/h5H,1-4H3;3,6H,2,4-5H2,1H3;/q2*-1;+2. The molecule has 1 aromatic rings. The van der Waals surface area contributed by atoms with Crippen LogP contribution in [0, 0.1) is 33.8 Å². The molecule has 0 saturated carbocycles. The Kier molecular flexibility index (Phi) is 8.61. The molecule has 0 saturated heterocycles. The van der Waals surface area contributed by atoms with Gasteiger partial charge >= 0.3 is 26.2 Å². The van der Waals surface area contributed by atoms with Crippen molar-refractivity contribution in [3.63, 3.8) is 0 Å². The molecule has 0 aromatic heterocycles. The van der Waals surface area contributed by atoms with E-state index < -0.39 is 0 Å². The Morgan fingerprint density at radius 2 is 1.94 bits per heavy atom. The maximum atomic E-state index is 3.26. The minimum atomic E-state index is 0. The van der Waals surface area contributed by atoms with Crippen LogP contribution in [0.25, 0.3) is 0 Å². The van der Waals surface area contributed by atoms with E-state index in [1.807, 2.05) is 0 Å². The molecule has 0 bridgehead atoms. The quantitative estimate of drug-likeness (QED) is 0.664. The molecule has 0 amide bonds. The van der Waals surface area contributed by atoms with Crippen LogP contribution in [0.4, 0.5) is 0 Å². The van der Waals surface area contributed by atoms with E-state index in [2.05, 4.69) is 58.9 Å². The summed E-state index contributed by atoms with van der Waals surface area (Å²) in [4.78, 5) is 0. The summed E-state index contributed by atoms with van der Waals surface area (Å²) in [5.74, 6) is 0. The predicted octanol–water partition coefficient (Wildman–Crippen LogP) is 5.11. The molecular formula is C17H24Zr. The predicted molar refractivity (Wildman–Crippen MR) is 76.4 cm³/mol. The van der Waals surface area contributed by atoms with Crippen molar-refractivity contribution in [3.05, 3.63) is 52.1 Å². The summed E-state index contributed by atoms with van der Waals surface area (Å²) < 4.78 is 0. The van der Waals surface area contributed by atoms with Crippen LogP contribution in [0.15, 0.2) is 23.8 Å². The summed E-state index contributed by atoms with van der Waals surface area (Å²) in [7, 11) is 0. The molecule has 0 fully saturated rings. The third-order valence-electron chi connectivity index (χ3n) is 3.46. The molecule has 96 valence electrons. The number of hydrogen-bond acceptors (Lipinski definition) is 0. The van der Waals surface area contributed by atoms with Crippen molar-refractivity contribution in [2.24, 2.45) is 0 Å². The largest absolute Gasteiger partial charge is 2.00 e. The first-order valence-corrected chi connectivity index (χ1v) is 6.52.